The van der Waals surface area contributed by atoms with Crippen molar-refractivity contribution in [3.05, 3.63) is 53.3 Å². The van der Waals surface area contributed by atoms with Crippen LogP contribution in [0.5, 0.6) is 5.75 Å². The molecule has 126 valence electrons. The summed E-state index contributed by atoms with van der Waals surface area (Å²) in [5, 5.41) is 19.2. The fourth-order valence-corrected chi connectivity index (χ4v) is 2.58. The predicted octanol–water partition coefficient (Wildman–Crippen LogP) is 4.60. The van der Waals surface area contributed by atoms with Gasteiger partial charge in [-0.05, 0) is 44.2 Å². The molecule has 1 heterocycles. The van der Waals surface area contributed by atoms with E-state index in [-0.39, 0.29) is 28.6 Å². The first-order valence-corrected chi connectivity index (χ1v) is 7.57. The summed E-state index contributed by atoms with van der Waals surface area (Å²) in [5.41, 5.74) is 0.876. The summed E-state index contributed by atoms with van der Waals surface area (Å²) in [6, 6.07) is 10.3. The zero-order chi connectivity index (χ0) is 18.1. The highest BCUT2D eigenvalue weighted by Crippen LogP contribution is 2.37. The lowest BCUT2D eigenvalue weighted by atomic mass is 10.0. The molecular weight excluding hydrogens is 325 g/mol. The number of furan rings is 1. The molecule has 6 heteroatoms. The van der Waals surface area contributed by atoms with Crippen molar-refractivity contribution in [3.63, 3.8) is 0 Å². The topological polar surface area (TPSA) is 83.5 Å². The third-order valence-corrected chi connectivity index (χ3v) is 3.59. The predicted molar refractivity (Wildman–Crippen MR) is 89.0 cm³/mol. The summed E-state index contributed by atoms with van der Waals surface area (Å²) < 4.78 is 24.4. The van der Waals surface area contributed by atoms with Crippen LogP contribution in [0.3, 0.4) is 0 Å². The van der Waals surface area contributed by atoms with Crippen molar-refractivity contribution in [2.75, 3.05) is 0 Å². The Kier molecular flexibility index (Phi) is 4.15. The van der Waals surface area contributed by atoms with Crippen LogP contribution in [-0.2, 0) is 0 Å². The maximum absolute atomic E-state index is 13.1. The van der Waals surface area contributed by atoms with Gasteiger partial charge in [0.05, 0.1) is 11.7 Å². The van der Waals surface area contributed by atoms with Crippen LogP contribution >= 0.6 is 0 Å². The highest BCUT2D eigenvalue weighted by atomic mass is 19.1. The van der Waals surface area contributed by atoms with Gasteiger partial charge in [-0.25, -0.2) is 9.18 Å². The van der Waals surface area contributed by atoms with Crippen molar-refractivity contribution < 1.29 is 23.4 Å². The SMILES string of the molecule is CC(C)Oc1cc2c(C(=O)O)c(-c3ccc(F)cc3)oc2cc1C#N. The Bertz CT molecular complexity index is 997. The maximum atomic E-state index is 13.1. The fraction of sp³-hybridized carbons (Fsp3) is 0.158. The van der Waals surface area contributed by atoms with Crippen LogP contribution in [-0.4, -0.2) is 17.2 Å². The van der Waals surface area contributed by atoms with Gasteiger partial charge in [-0.15, -0.1) is 0 Å². The lowest BCUT2D eigenvalue weighted by Gasteiger charge is -2.11. The van der Waals surface area contributed by atoms with Crippen molar-refractivity contribution in [3.8, 4) is 23.1 Å². The number of nitrogens with zero attached hydrogens (tertiary/aromatic N) is 1. The normalized spacial score (nSPS) is 10.8. The van der Waals surface area contributed by atoms with E-state index in [2.05, 4.69) is 0 Å². The molecular formula is C19H14FNO4. The molecule has 3 aromatic rings. The van der Waals surface area contributed by atoms with Gasteiger partial charge in [0.1, 0.15) is 34.5 Å². The number of hydrogen-bond acceptors (Lipinski definition) is 4. The highest BCUT2D eigenvalue weighted by Gasteiger charge is 2.23. The third kappa shape index (κ3) is 3.04. The number of aromatic carboxylic acids is 1. The zero-order valence-electron chi connectivity index (χ0n) is 13.5. The Balaban J connectivity index is 2.29. The number of rotatable bonds is 4. The average Bonchev–Trinajstić information content (AvgIpc) is 2.92. The Morgan fingerprint density at radius 2 is 1.96 bits per heavy atom. The quantitative estimate of drug-likeness (QED) is 0.751. The molecule has 0 bridgehead atoms. The number of nitriles is 1. The molecule has 25 heavy (non-hydrogen) atoms. The van der Waals surface area contributed by atoms with Crippen LogP contribution < -0.4 is 4.74 Å². The summed E-state index contributed by atoms with van der Waals surface area (Å²) in [4.78, 5) is 11.8. The molecule has 0 fully saturated rings. The lowest BCUT2D eigenvalue weighted by Crippen LogP contribution is -2.07. The first-order chi connectivity index (χ1) is 11.9. The second-order valence-corrected chi connectivity index (χ2v) is 5.74. The average molecular weight is 339 g/mol. The van der Waals surface area contributed by atoms with E-state index in [0.29, 0.717) is 16.7 Å². The number of carboxylic acid groups (broad SMARTS) is 1. The van der Waals surface area contributed by atoms with Gasteiger partial charge in [0.25, 0.3) is 0 Å². The minimum Gasteiger partial charge on any atom is -0.490 e. The molecule has 3 rings (SSSR count). The summed E-state index contributed by atoms with van der Waals surface area (Å²) in [5.74, 6) is -1.22. The number of benzene rings is 2. The van der Waals surface area contributed by atoms with Crippen LogP contribution in [0.4, 0.5) is 4.39 Å². The number of hydrogen-bond donors (Lipinski definition) is 1. The highest BCUT2D eigenvalue weighted by molar-refractivity contribution is 6.08. The molecule has 5 nitrogen and oxygen atoms in total. The Morgan fingerprint density at radius 1 is 1.28 bits per heavy atom. The minimum absolute atomic E-state index is 0.0558. The molecule has 0 unspecified atom stereocenters. The molecule has 0 saturated carbocycles. The van der Waals surface area contributed by atoms with E-state index in [0.717, 1.165) is 0 Å². The summed E-state index contributed by atoms with van der Waals surface area (Å²) in [6.45, 7) is 3.62. The molecule has 1 aromatic heterocycles. The molecule has 0 aliphatic carbocycles. The molecule has 1 N–H and O–H groups in total. The van der Waals surface area contributed by atoms with Crippen LogP contribution in [0.1, 0.15) is 29.8 Å². The third-order valence-electron chi connectivity index (χ3n) is 3.59. The molecule has 0 aliphatic rings. The number of ether oxygens (including phenoxy) is 1. The van der Waals surface area contributed by atoms with Crippen LogP contribution in [0.15, 0.2) is 40.8 Å². The summed E-state index contributed by atoms with van der Waals surface area (Å²) in [6.07, 6.45) is -0.179. The van der Waals surface area contributed by atoms with E-state index >= 15 is 0 Å². The first kappa shape index (κ1) is 16.5. The monoisotopic (exact) mass is 339 g/mol. The van der Waals surface area contributed by atoms with Crippen molar-refractivity contribution >= 4 is 16.9 Å². The second-order valence-electron chi connectivity index (χ2n) is 5.74. The van der Waals surface area contributed by atoms with Gasteiger partial charge in [0, 0.05) is 17.0 Å². The smallest absolute Gasteiger partial charge is 0.340 e. The molecule has 0 atom stereocenters. The molecule has 2 aromatic carbocycles. The fourth-order valence-electron chi connectivity index (χ4n) is 2.58. The standard InChI is InChI=1S/C19H14FNO4/c1-10(2)24-15-8-14-16(7-12(15)9-21)25-18(17(14)19(22)23)11-3-5-13(20)6-4-11/h3-8,10H,1-2H3,(H,22,23). The first-order valence-electron chi connectivity index (χ1n) is 7.57. The second kappa shape index (κ2) is 6.29. The zero-order valence-corrected chi connectivity index (χ0v) is 13.5. The Hall–Kier alpha value is -3.33. The summed E-state index contributed by atoms with van der Waals surface area (Å²) in [7, 11) is 0. The molecule has 0 spiro atoms. The maximum Gasteiger partial charge on any atom is 0.340 e. The van der Waals surface area contributed by atoms with Crippen LogP contribution in [0.25, 0.3) is 22.3 Å². The van der Waals surface area contributed by atoms with E-state index < -0.39 is 11.8 Å². The van der Waals surface area contributed by atoms with E-state index in [1.54, 1.807) is 0 Å². The van der Waals surface area contributed by atoms with Crippen molar-refractivity contribution in [2.24, 2.45) is 0 Å². The minimum atomic E-state index is -1.18. The number of halogens is 1. The Morgan fingerprint density at radius 3 is 2.52 bits per heavy atom. The Labute approximate surface area is 142 Å². The molecule has 0 radical (unpaired) electrons. The summed E-state index contributed by atoms with van der Waals surface area (Å²) >= 11 is 0. The van der Waals surface area contributed by atoms with Crippen LogP contribution in [0.2, 0.25) is 0 Å². The lowest BCUT2D eigenvalue weighted by molar-refractivity contribution is 0.0699. The van der Waals surface area contributed by atoms with E-state index in [1.165, 1.54) is 36.4 Å². The van der Waals surface area contributed by atoms with Gasteiger partial charge in [0.2, 0.25) is 0 Å². The van der Waals surface area contributed by atoms with Gasteiger partial charge in [-0.3, -0.25) is 0 Å². The van der Waals surface area contributed by atoms with Crippen molar-refractivity contribution in [2.45, 2.75) is 20.0 Å². The van der Waals surface area contributed by atoms with Gasteiger partial charge < -0.3 is 14.3 Å². The number of carboxylic acids is 1. The van der Waals surface area contributed by atoms with E-state index in [1.807, 2.05) is 19.9 Å². The molecule has 0 saturated heterocycles. The van der Waals surface area contributed by atoms with E-state index in [4.69, 9.17) is 9.15 Å². The van der Waals surface area contributed by atoms with Gasteiger partial charge in [0.15, 0.2) is 0 Å². The van der Waals surface area contributed by atoms with Crippen LogP contribution in [0, 0.1) is 17.1 Å². The molecule has 0 aliphatic heterocycles. The number of fused-ring (bicyclic) bond motifs is 1. The van der Waals surface area contributed by atoms with Gasteiger partial charge in [-0.1, -0.05) is 0 Å². The van der Waals surface area contributed by atoms with Crippen molar-refractivity contribution in [1.29, 1.82) is 5.26 Å². The number of carbonyl (C=O) groups is 1. The molecule has 0 amide bonds. The van der Waals surface area contributed by atoms with Gasteiger partial charge in [-0.2, -0.15) is 5.26 Å². The van der Waals surface area contributed by atoms with Crippen molar-refractivity contribution in [1.82, 2.24) is 0 Å². The van der Waals surface area contributed by atoms with Gasteiger partial charge >= 0.3 is 5.97 Å². The van der Waals surface area contributed by atoms with E-state index in [9.17, 15) is 19.6 Å². The largest absolute Gasteiger partial charge is 0.490 e.